The molecule has 180 valence electrons. The molecule has 33 heavy (non-hydrogen) atoms. The second-order valence-corrected chi connectivity index (χ2v) is 6.68. The quantitative estimate of drug-likeness (QED) is 0.215. The number of ether oxygens (including phenoxy) is 5. The Morgan fingerprint density at radius 3 is 2.39 bits per heavy atom. The number of benzene rings is 1. The summed E-state index contributed by atoms with van der Waals surface area (Å²) in [6.07, 6.45) is -2.16. The Kier molecular flexibility index (Phi) is 8.83. The van der Waals surface area contributed by atoms with E-state index >= 15 is 0 Å². The molecule has 1 atom stereocenters. The van der Waals surface area contributed by atoms with Crippen LogP contribution in [0.3, 0.4) is 0 Å². The number of unbranched alkanes of at least 4 members (excludes halogenated alkanes) is 1. The Morgan fingerprint density at radius 2 is 1.79 bits per heavy atom. The molecule has 13 nitrogen and oxygen atoms in total. The number of hydrogen-bond acceptors (Lipinski definition) is 11. The Bertz CT molecular complexity index is 1010. The zero-order valence-corrected chi connectivity index (χ0v) is 18.7. The van der Waals surface area contributed by atoms with E-state index in [0.717, 1.165) is 11.2 Å². The third-order valence-corrected chi connectivity index (χ3v) is 4.37. The van der Waals surface area contributed by atoms with Gasteiger partial charge in [-0.3, -0.25) is 4.79 Å². The van der Waals surface area contributed by atoms with Crippen molar-refractivity contribution in [1.29, 1.82) is 0 Å². The van der Waals surface area contributed by atoms with Gasteiger partial charge in [0.1, 0.15) is 11.8 Å². The van der Waals surface area contributed by atoms with E-state index in [2.05, 4.69) is 10.2 Å². The number of nitrogens with zero attached hydrogens (tertiary/aromatic N) is 3. The van der Waals surface area contributed by atoms with Crippen LogP contribution in [0.2, 0.25) is 0 Å². The van der Waals surface area contributed by atoms with Crippen molar-refractivity contribution < 1.29 is 43.2 Å². The fraction of sp³-hybridized carbons (Fsp3) is 0.450. The monoisotopic (exact) mass is 466 g/mol. The molecule has 0 spiro atoms. The molecule has 0 amide bonds. The van der Waals surface area contributed by atoms with Gasteiger partial charge in [0.2, 0.25) is 12.5 Å². The second-order valence-electron chi connectivity index (χ2n) is 6.68. The molecular formula is C20H26N4O9. The first kappa shape index (κ1) is 25.2. The minimum absolute atomic E-state index is 0.0170. The van der Waals surface area contributed by atoms with E-state index in [0.29, 0.717) is 12.2 Å². The number of aromatic nitrogens is 3. The van der Waals surface area contributed by atoms with Crippen molar-refractivity contribution >= 4 is 23.8 Å². The lowest BCUT2D eigenvalue weighted by Crippen LogP contribution is -2.14. The molecule has 0 aliphatic carbocycles. The van der Waals surface area contributed by atoms with Crippen LogP contribution in [-0.2, 0) is 20.9 Å². The van der Waals surface area contributed by atoms with Crippen LogP contribution in [0.15, 0.2) is 12.1 Å². The van der Waals surface area contributed by atoms with Crippen molar-refractivity contribution in [1.82, 2.24) is 15.0 Å². The zero-order valence-electron chi connectivity index (χ0n) is 18.7. The fourth-order valence-corrected chi connectivity index (χ4v) is 2.73. The van der Waals surface area contributed by atoms with Crippen LogP contribution in [0.5, 0.6) is 11.5 Å². The van der Waals surface area contributed by atoms with E-state index in [9.17, 15) is 14.4 Å². The first-order chi connectivity index (χ1) is 15.7. The SMILES string of the molecule is CCCCOC(=O)OCn1nc(C(=O)c2cc(OC)c(OC)cc2N)c(C(C)OC(=O)O)n1. The molecule has 1 heterocycles. The third-order valence-electron chi connectivity index (χ3n) is 4.37. The largest absolute Gasteiger partial charge is 0.510 e. The summed E-state index contributed by atoms with van der Waals surface area (Å²) in [5.74, 6) is -0.119. The normalized spacial score (nSPS) is 11.4. The maximum absolute atomic E-state index is 13.2. The number of carbonyl (C=O) groups is 3. The maximum Gasteiger partial charge on any atom is 0.510 e. The van der Waals surface area contributed by atoms with E-state index in [1.165, 1.54) is 33.3 Å². The molecule has 0 radical (unpaired) electrons. The van der Waals surface area contributed by atoms with Gasteiger partial charge in [-0.1, -0.05) is 13.3 Å². The number of nitrogen functional groups attached to an aromatic ring is 1. The highest BCUT2D eigenvalue weighted by molar-refractivity contribution is 6.12. The summed E-state index contributed by atoms with van der Waals surface area (Å²) in [5.41, 5.74) is 5.75. The molecule has 0 aliphatic rings. The number of carbonyl (C=O) groups excluding carboxylic acids is 2. The molecule has 1 unspecified atom stereocenters. The van der Waals surface area contributed by atoms with E-state index in [1.807, 2.05) is 6.92 Å². The Morgan fingerprint density at radius 1 is 1.12 bits per heavy atom. The summed E-state index contributed by atoms with van der Waals surface area (Å²) < 4.78 is 24.9. The highest BCUT2D eigenvalue weighted by Crippen LogP contribution is 2.33. The van der Waals surface area contributed by atoms with E-state index in [-0.39, 0.29) is 35.0 Å². The molecule has 0 saturated carbocycles. The van der Waals surface area contributed by atoms with Crippen LogP contribution in [0.1, 0.15) is 54.5 Å². The summed E-state index contributed by atoms with van der Waals surface area (Å²) in [6.45, 7) is 3.02. The predicted molar refractivity (Wildman–Crippen MR) is 112 cm³/mol. The Balaban J connectivity index is 2.36. The van der Waals surface area contributed by atoms with E-state index in [1.54, 1.807) is 0 Å². The Hall–Kier alpha value is -4.03. The third kappa shape index (κ3) is 6.48. The molecule has 1 aromatic heterocycles. The zero-order chi connectivity index (χ0) is 24.5. The predicted octanol–water partition coefficient (Wildman–Crippen LogP) is 2.77. The van der Waals surface area contributed by atoms with Crippen LogP contribution >= 0.6 is 0 Å². The van der Waals surface area contributed by atoms with Crippen molar-refractivity contribution in [2.75, 3.05) is 26.6 Å². The van der Waals surface area contributed by atoms with Gasteiger partial charge in [0.15, 0.2) is 17.2 Å². The molecule has 0 aliphatic heterocycles. The first-order valence-corrected chi connectivity index (χ1v) is 9.92. The lowest BCUT2D eigenvalue weighted by molar-refractivity contribution is 0.0251. The molecule has 2 aromatic rings. The summed E-state index contributed by atoms with van der Waals surface area (Å²) in [5, 5.41) is 17.0. The number of nitrogens with two attached hydrogens (primary N) is 1. The number of rotatable bonds is 11. The second kappa shape index (κ2) is 11.5. The minimum atomic E-state index is -1.57. The van der Waals surface area contributed by atoms with E-state index < -0.39 is 30.9 Å². The highest BCUT2D eigenvalue weighted by atomic mass is 16.7. The van der Waals surface area contributed by atoms with Crippen molar-refractivity contribution in [3.05, 3.63) is 29.1 Å². The topological polar surface area (TPSA) is 174 Å². The lowest BCUT2D eigenvalue weighted by atomic mass is 10.0. The maximum atomic E-state index is 13.2. The van der Waals surface area contributed by atoms with Crippen molar-refractivity contribution in [2.45, 2.75) is 39.5 Å². The van der Waals surface area contributed by atoms with Gasteiger partial charge in [0, 0.05) is 11.8 Å². The lowest BCUT2D eigenvalue weighted by Gasteiger charge is -2.12. The smallest absolute Gasteiger partial charge is 0.493 e. The summed E-state index contributed by atoms with van der Waals surface area (Å²) in [4.78, 5) is 36.8. The van der Waals surface area contributed by atoms with Gasteiger partial charge in [0.05, 0.1) is 26.4 Å². The number of methoxy groups -OCH3 is 2. The van der Waals surface area contributed by atoms with Gasteiger partial charge in [-0.25, -0.2) is 9.59 Å². The van der Waals surface area contributed by atoms with Gasteiger partial charge < -0.3 is 34.5 Å². The van der Waals surface area contributed by atoms with Gasteiger partial charge in [0.25, 0.3) is 0 Å². The molecule has 0 bridgehead atoms. The molecule has 2 rings (SSSR count). The minimum Gasteiger partial charge on any atom is -0.493 e. The average Bonchev–Trinajstić information content (AvgIpc) is 3.21. The molecular weight excluding hydrogens is 440 g/mol. The van der Waals surface area contributed by atoms with Crippen LogP contribution in [0.4, 0.5) is 15.3 Å². The van der Waals surface area contributed by atoms with Crippen LogP contribution in [0.25, 0.3) is 0 Å². The van der Waals surface area contributed by atoms with E-state index in [4.69, 9.17) is 34.5 Å². The van der Waals surface area contributed by atoms with Gasteiger partial charge >= 0.3 is 12.3 Å². The van der Waals surface area contributed by atoms with Gasteiger partial charge in [-0.15, -0.1) is 9.90 Å². The number of ketones is 1. The molecule has 1 aromatic carbocycles. The standard InChI is InChI=1S/C20H26N4O9/c1-5-6-7-31-20(28)32-10-24-22-16(11(2)33-19(26)27)17(23-24)18(25)12-8-14(29-3)15(30-4)9-13(12)21/h8-9,11H,5-7,10,21H2,1-4H3,(H,26,27). The molecule has 0 fully saturated rings. The summed E-state index contributed by atoms with van der Waals surface area (Å²) in [6, 6.07) is 2.77. The van der Waals surface area contributed by atoms with Gasteiger partial charge in [-0.05, 0) is 19.4 Å². The molecule has 13 heteroatoms. The van der Waals surface area contributed by atoms with Crippen LogP contribution in [-0.4, -0.2) is 59.0 Å². The first-order valence-electron chi connectivity index (χ1n) is 9.92. The Labute approximate surface area is 189 Å². The highest BCUT2D eigenvalue weighted by Gasteiger charge is 2.28. The average molecular weight is 466 g/mol. The van der Waals surface area contributed by atoms with Gasteiger partial charge in [-0.2, -0.15) is 5.10 Å². The van der Waals surface area contributed by atoms with Crippen LogP contribution < -0.4 is 15.2 Å². The summed E-state index contributed by atoms with van der Waals surface area (Å²) in [7, 11) is 2.81. The number of anilines is 1. The van der Waals surface area contributed by atoms with Crippen molar-refractivity contribution in [2.24, 2.45) is 0 Å². The summed E-state index contributed by atoms with van der Waals surface area (Å²) >= 11 is 0. The fourth-order valence-electron chi connectivity index (χ4n) is 2.73. The molecule has 0 saturated heterocycles. The number of hydrogen-bond donors (Lipinski definition) is 2. The van der Waals surface area contributed by atoms with Crippen molar-refractivity contribution in [3.63, 3.8) is 0 Å². The number of carboxylic acid groups (broad SMARTS) is 1. The molecule has 3 N–H and O–H groups in total. The van der Waals surface area contributed by atoms with Crippen LogP contribution in [0, 0.1) is 0 Å². The van der Waals surface area contributed by atoms with Crippen molar-refractivity contribution in [3.8, 4) is 11.5 Å².